The first-order chi connectivity index (χ1) is 9.72. The summed E-state index contributed by atoms with van der Waals surface area (Å²) in [6.07, 6.45) is 0. The molecule has 0 aromatic heterocycles. The van der Waals surface area contributed by atoms with E-state index in [2.05, 4.69) is 21.2 Å². The van der Waals surface area contributed by atoms with E-state index in [4.69, 9.17) is 0 Å². The lowest BCUT2D eigenvalue weighted by Gasteiger charge is -2.06. The molecule has 0 atom stereocenters. The van der Waals surface area contributed by atoms with Crippen molar-refractivity contribution in [1.29, 1.82) is 0 Å². The molecule has 3 aromatic carbocycles. The number of halogens is 1. The number of benzene rings is 3. The molecule has 0 fully saturated rings. The lowest BCUT2D eigenvalue weighted by Crippen LogP contribution is -2.11. The molecule has 0 saturated heterocycles. The highest BCUT2D eigenvalue weighted by atomic mass is 79.9. The Bertz CT molecular complexity index is 783. The lowest BCUT2D eigenvalue weighted by molar-refractivity contribution is 0.102. The average molecular weight is 326 g/mol. The second-order valence-corrected chi connectivity index (χ2v) is 5.44. The number of hydrogen-bond donors (Lipinski definition) is 1. The third kappa shape index (κ3) is 2.73. The van der Waals surface area contributed by atoms with Crippen molar-refractivity contribution >= 4 is 38.3 Å². The normalized spacial score (nSPS) is 10.4. The van der Waals surface area contributed by atoms with Gasteiger partial charge in [0.25, 0.3) is 5.91 Å². The van der Waals surface area contributed by atoms with E-state index in [-0.39, 0.29) is 5.91 Å². The van der Waals surface area contributed by atoms with E-state index in [1.807, 2.05) is 66.7 Å². The lowest BCUT2D eigenvalue weighted by atomic mass is 10.1. The summed E-state index contributed by atoms with van der Waals surface area (Å²) >= 11 is 3.39. The number of fused-ring (bicyclic) bond motifs is 1. The van der Waals surface area contributed by atoms with E-state index in [1.165, 1.54) is 0 Å². The molecule has 0 radical (unpaired) electrons. The van der Waals surface area contributed by atoms with E-state index < -0.39 is 0 Å². The van der Waals surface area contributed by atoms with Crippen molar-refractivity contribution in [3.63, 3.8) is 0 Å². The molecule has 1 amide bonds. The van der Waals surface area contributed by atoms with Crippen LogP contribution in [0.25, 0.3) is 10.8 Å². The van der Waals surface area contributed by atoms with Gasteiger partial charge < -0.3 is 5.32 Å². The predicted molar refractivity (Wildman–Crippen MR) is 86.0 cm³/mol. The Hall–Kier alpha value is -2.13. The second-order valence-electron chi connectivity index (χ2n) is 4.53. The third-order valence-corrected chi connectivity index (χ3v) is 3.59. The minimum absolute atomic E-state index is 0.103. The first-order valence-electron chi connectivity index (χ1n) is 6.28. The molecule has 3 rings (SSSR count). The summed E-state index contributed by atoms with van der Waals surface area (Å²) in [5.74, 6) is -0.103. The van der Waals surface area contributed by atoms with Crippen molar-refractivity contribution in [3.05, 3.63) is 76.8 Å². The van der Waals surface area contributed by atoms with Gasteiger partial charge in [-0.2, -0.15) is 0 Å². The molecule has 2 nitrogen and oxygen atoms in total. The van der Waals surface area contributed by atoms with Crippen molar-refractivity contribution in [2.24, 2.45) is 0 Å². The molecule has 3 aromatic rings. The zero-order valence-corrected chi connectivity index (χ0v) is 12.2. The highest BCUT2D eigenvalue weighted by Gasteiger charge is 2.06. The van der Waals surface area contributed by atoms with Crippen LogP contribution < -0.4 is 5.32 Å². The summed E-state index contributed by atoms with van der Waals surface area (Å²) in [7, 11) is 0. The monoisotopic (exact) mass is 325 g/mol. The molecule has 98 valence electrons. The summed E-state index contributed by atoms with van der Waals surface area (Å²) < 4.78 is 0.939. The molecule has 0 aliphatic rings. The first-order valence-corrected chi connectivity index (χ1v) is 7.07. The third-order valence-electron chi connectivity index (χ3n) is 3.09. The summed E-state index contributed by atoms with van der Waals surface area (Å²) in [5, 5.41) is 5.09. The zero-order chi connectivity index (χ0) is 13.9. The Kier molecular flexibility index (Phi) is 3.52. The van der Waals surface area contributed by atoms with Gasteiger partial charge in [-0.15, -0.1) is 0 Å². The van der Waals surface area contributed by atoms with Crippen molar-refractivity contribution in [2.75, 3.05) is 5.32 Å². The molecule has 0 saturated carbocycles. The van der Waals surface area contributed by atoms with Crippen LogP contribution >= 0.6 is 15.9 Å². The summed E-state index contributed by atoms with van der Waals surface area (Å²) in [4.78, 5) is 12.2. The Labute approximate surface area is 125 Å². The second kappa shape index (κ2) is 5.47. The quantitative estimate of drug-likeness (QED) is 0.716. The molecule has 0 heterocycles. The van der Waals surface area contributed by atoms with E-state index in [0.717, 1.165) is 20.9 Å². The van der Waals surface area contributed by atoms with Gasteiger partial charge in [-0.05, 0) is 41.1 Å². The van der Waals surface area contributed by atoms with Gasteiger partial charge in [-0.1, -0.05) is 52.3 Å². The van der Waals surface area contributed by atoms with Crippen molar-refractivity contribution in [2.45, 2.75) is 0 Å². The first kappa shape index (κ1) is 12.9. The summed E-state index contributed by atoms with van der Waals surface area (Å²) in [6.45, 7) is 0. The minimum atomic E-state index is -0.103. The van der Waals surface area contributed by atoms with Gasteiger partial charge in [-0.3, -0.25) is 4.79 Å². The fourth-order valence-electron chi connectivity index (χ4n) is 2.10. The van der Waals surface area contributed by atoms with Crippen LogP contribution in [-0.4, -0.2) is 5.91 Å². The maximum absolute atomic E-state index is 12.2. The Balaban J connectivity index is 1.88. The van der Waals surface area contributed by atoms with Crippen LogP contribution in [0.4, 0.5) is 5.69 Å². The van der Waals surface area contributed by atoms with Crippen LogP contribution in [0.15, 0.2) is 71.2 Å². The van der Waals surface area contributed by atoms with Crippen LogP contribution in [0.3, 0.4) is 0 Å². The van der Waals surface area contributed by atoms with E-state index >= 15 is 0 Å². The number of hydrogen-bond acceptors (Lipinski definition) is 1. The van der Waals surface area contributed by atoms with Crippen LogP contribution in [-0.2, 0) is 0 Å². The van der Waals surface area contributed by atoms with Gasteiger partial charge in [0, 0.05) is 15.7 Å². The zero-order valence-electron chi connectivity index (χ0n) is 10.6. The summed E-state index contributed by atoms with van der Waals surface area (Å²) in [6, 6.07) is 21.3. The molecular formula is C17H12BrNO. The minimum Gasteiger partial charge on any atom is -0.322 e. The van der Waals surface area contributed by atoms with Gasteiger partial charge >= 0.3 is 0 Å². The number of anilines is 1. The molecule has 3 heteroatoms. The van der Waals surface area contributed by atoms with Gasteiger partial charge in [0.2, 0.25) is 0 Å². The molecular weight excluding hydrogens is 314 g/mol. The molecule has 0 unspecified atom stereocenters. The van der Waals surface area contributed by atoms with Crippen molar-refractivity contribution in [3.8, 4) is 0 Å². The van der Waals surface area contributed by atoms with E-state index in [1.54, 1.807) is 0 Å². The van der Waals surface area contributed by atoms with Gasteiger partial charge in [0.1, 0.15) is 0 Å². The SMILES string of the molecule is O=C(Nc1cccc(Br)c1)c1ccc2ccccc2c1. The van der Waals surface area contributed by atoms with Crippen LogP contribution in [0, 0.1) is 0 Å². The standard InChI is InChI=1S/C17H12BrNO/c18-15-6-3-7-16(11-15)19-17(20)14-9-8-12-4-1-2-5-13(12)10-14/h1-11H,(H,19,20). The maximum atomic E-state index is 12.2. The fourth-order valence-corrected chi connectivity index (χ4v) is 2.50. The Morgan fingerprint density at radius 2 is 1.65 bits per heavy atom. The number of carbonyl (C=O) groups excluding carboxylic acids is 1. The Morgan fingerprint density at radius 1 is 0.850 bits per heavy atom. The van der Waals surface area contributed by atoms with Crippen molar-refractivity contribution in [1.82, 2.24) is 0 Å². The topological polar surface area (TPSA) is 29.1 Å². The molecule has 0 aliphatic heterocycles. The van der Waals surface area contributed by atoms with Gasteiger partial charge in [0.05, 0.1) is 0 Å². The molecule has 20 heavy (non-hydrogen) atoms. The number of rotatable bonds is 2. The predicted octanol–water partition coefficient (Wildman–Crippen LogP) is 4.85. The smallest absolute Gasteiger partial charge is 0.255 e. The van der Waals surface area contributed by atoms with E-state index in [9.17, 15) is 4.79 Å². The largest absolute Gasteiger partial charge is 0.322 e. The highest BCUT2D eigenvalue weighted by Crippen LogP contribution is 2.19. The molecule has 1 N–H and O–H groups in total. The fraction of sp³-hybridized carbons (Fsp3) is 0. The average Bonchev–Trinajstić information content (AvgIpc) is 2.47. The van der Waals surface area contributed by atoms with Crippen LogP contribution in [0.2, 0.25) is 0 Å². The number of carbonyl (C=O) groups is 1. The van der Waals surface area contributed by atoms with Crippen LogP contribution in [0.5, 0.6) is 0 Å². The molecule has 0 bridgehead atoms. The van der Waals surface area contributed by atoms with Crippen molar-refractivity contribution < 1.29 is 4.79 Å². The highest BCUT2D eigenvalue weighted by molar-refractivity contribution is 9.10. The number of nitrogens with one attached hydrogen (secondary N) is 1. The van der Waals surface area contributed by atoms with Gasteiger partial charge in [-0.25, -0.2) is 0 Å². The number of amides is 1. The van der Waals surface area contributed by atoms with E-state index in [0.29, 0.717) is 5.56 Å². The molecule has 0 aliphatic carbocycles. The summed E-state index contributed by atoms with van der Waals surface area (Å²) in [5.41, 5.74) is 1.43. The van der Waals surface area contributed by atoms with Crippen LogP contribution in [0.1, 0.15) is 10.4 Å². The Morgan fingerprint density at radius 3 is 2.45 bits per heavy atom. The maximum Gasteiger partial charge on any atom is 0.255 e. The molecule has 0 spiro atoms. The van der Waals surface area contributed by atoms with Gasteiger partial charge in [0.15, 0.2) is 0 Å².